The maximum Gasteiger partial charge on any atom is 0.118 e. The Labute approximate surface area is 113 Å². The van der Waals surface area contributed by atoms with Gasteiger partial charge in [-0.15, -0.1) is 0 Å². The summed E-state index contributed by atoms with van der Waals surface area (Å²) in [5.74, 6) is 0. The van der Waals surface area contributed by atoms with E-state index in [1.165, 1.54) is 0 Å². The van der Waals surface area contributed by atoms with Crippen molar-refractivity contribution >= 4 is 10.9 Å². The van der Waals surface area contributed by atoms with Crippen LogP contribution in [-0.2, 0) is 10.3 Å². The van der Waals surface area contributed by atoms with Crippen LogP contribution in [0.4, 0.5) is 0 Å². The first kappa shape index (κ1) is 12.6. The number of para-hydroxylation sites is 1. The highest BCUT2D eigenvalue weighted by Gasteiger charge is 2.41. The summed E-state index contributed by atoms with van der Waals surface area (Å²) in [6, 6.07) is 9.94. The fourth-order valence-corrected chi connectivity index (χ4v) is 3.20. The summed E-state index contributed by atoms with van der Waals surface area (Å²) in [7, 11) is 1.68. The molecule has 0 spiro atoms. The lowest BCUT2D eigenvalue weighted by molar-refractivity contribution is -0.121. The molecule has 1 N–H and O–H groups in total. The van der Waals surface area contributed by atoms with Gasteiger partial charge in [0.1, 0.15) is 5.60 Å². The molecule has 2 aromatic rings. The Morgan fingerprint density at radius 3 is 2.95 bits per heavy atom. The van der Waals surface area contributed by atoms with Crippen LogP contribution in [0.2, 0.25) is 0 Å². The van der Waals surface area contributed by atoms with Crippen LogP contribution in [0.3, 0.4) is 0 Å². The second kappa shape index (κ2) is 4.91. The zero-order chi connectivity index (χ0) is 13.3. The highest BCUT2D eigenvalue weighted by Crippen LogP contribution is 2.40. The van der Waals surface area contributed by atoms with Crippen molar-refractivity contribution in [3.05, 3.63) is 42.1 Å². The number of benzene rings is 1. The van der Waals surface area contributed by atoms with Gasteiger partial charge in [0, 0.05) is 24.3 Å². The summed E-state index contributed by atoms with van der Waals surface area (Å²) in [6.07, 6.45) is 5.41. The van der Waals surface area contributed by atoms with Gasteiger partial charge >= 0.3 is 0 Å². The normalized spacial score (nSPS) is 27.6. The number of nitrogens with zero attached hydrogens (tertiary/aromatic N) is 1. The first-order valence-corrected chi connectivity index (χ1v) is 6.85. The van der Waals surface area contributed by atoms with Crippen LogP contribution in [-0.4, -0.2) is 23.3 Å². The Balaban J connectivity index is 2.16. The molecule has 2 atom stereocenters. The zero-order valence-electron chi connectivity index (χ0n) is 11.2. The number of aromatic nitrogens is 1. The van der Waals surface area contributed by atoms with Crippen molar-refractivity contribution in [1.29, 1.82) is 0 Å². The van der Waals surface area contributed by atoms with Crippen LogP contribution in [0.5, 0.6) is 0 Å². The summed E-state index contributed by atoms with van der Waals surface area (Å²) >= 11 is 0. The van der Waals surface area contributed by atoms with Crippen LogP contribution in [0.1, 0.15) is 31.2 Å². The van der Waals surface area contributed by atoms with Gasteiger partial charge in [-0.2, -0.15) is 0 Å². The van der Waals surface area contributed by atoms with Gasteiger partial charge in [-0.05, 0) is 18.9 Å². The molecule has 3 nitrogen and oxygen atoms in total. The molecule has 0 bridgehead atoms. The molecular weight excluding hydrogens is 238 g/mol. The molecule has 3 heteroatoms. The monoisotopic (exact) mass is 257 g/mol. The fourth-order valence-electron chi connectivity index (χ4n) is 3.20. The van der Waals surface area contributed by atoms with Gasteiger partial charge in [0.2, 0.25) is 0 Å². The van der Waals surface area contributed by atoms with Crippen LogP contribution in [0.25, 0.3) is 10.9 Å². The molecule has 100 valence electrons. The first-order chi connectivity index (χ1) is 9.25. The van der Waals surface area contributed by atoms with E-state index in [0.717, 1.165) is 42.1 Å². The van der Waals surface area contributed by atoms with Crippen molar-refractivity contribution in [2.75, 3.05) is 7.11 Å². The summed E-state index contributed by atoms with van der Waals surface area (Å²) < 4.78 is 5.53. The van der Waals surface area contributed by atoms with Crippen molar-refractivity contribution in [3.63, 3.8) is 0 Å². The molecule has 0 amide bonds. The molecule has 19 heavy (non-hydrogen) atoms. The van der Waals surface area contributed by atoms with E-state index in [4.69, 9.17) is 4.74 Å². The number of pyridine rings is 1. The Morgan fingerprint density at radius 1 is 1.26 bits per heavy atom. The Kier molecular flexibility index (Phi) is 3.25. The topological polar surface area (TPSA) is 42.4 Å². The molecule has 2 unspecified atom stereocenters. The van der Waals surface area contributed by atoms with E-state index in [2.05, 4.69) is 4.98 Å². The number of aliphatic hydroxyl groups is 1. The van der Waals surface area contributed by atoms with E-state index in [0.29, 0.717) is 0 Å². The van der Waals surface area contributed by atoms with Crippen molar-refractivity contribution < 1.29 is 9.84 Å². The van der Waals surface area contributed by atoms with E-state index in [1.807, 2.05) is 30.3 Å². The SMILES string of the molecule is COC1CCCCC1(O)c1cccc2cccnc12. The molecule has 3 rings (SSSR count). The maximum absolute atomic E-state index is 11.1. The third-order valence-electron chi connectivity index (χ3n) is 4.19. The highest BCUT2D eigenvalue weighted by atomic mass is 16.5. The molecule has 0 saturated heterocycles. The highest BCUT2D eigenvalue weighted by molar-refractivity contribution is 5.82. The van der Waals surface area contributed by atoms with Crippen molar-refractivity contribution in [2.45, 2.75) is 37.4 Å². The molecule has 1 aliphatic carbocycles. The van der Waals surface area contributed by atoms with E-state index >= 15 is 0 Å². The summed E-state index contributed by atoms with van der Waals surface area (Å²) in [6.45, 7) is 0. The van der Waals surface area contributed by atoms with Gasteiger partial charge < -0.3 is 9.84 Å². The summed E-state index contributed by atoms with van der Waals surface area (Å²) in [5, 5.41) is 12.2. The zero-order valence-corrected chi connectivity index (χ0v) is 11.2. The van der Waals surface area contributed by atoms with Crippen LogP contribution in [0, 0.1) is 0 Å². The van der Waals surface area contributed by atoms with Crippen LogP contribution in [0.15, 0.2) is 36.5 Å². The van der Waals surface area contributed by atoms with E-state index < -0.39 is 5.60 Å². The maximum atomic E-state index is 11.1. The molecule has 1 aromatic heterocycles. The number of rotatable bonds is 2. The number of fused-ring (bicyclic) bond motifs is 1. The third-order valence-corrected chi connectivity index (χ3v) is 4.19. The van der Waals surface area contributed by atoms with E-state index in [-0.39, 0.29) is 6.10 Å². The van der Waals surface area contributed by atoms with Crippen LogP contribution < -0.4 is 0 Å². The second-order valence-electron chi connectivity index (χ2n) is 5.28. The number of hydrogen-bond acceptors (Lipinski definition) is 3. The predicted octanol–water partition coefficient (Wildman–Crippen LogP) is 3.01. The fraction of sp³-hybridized carbons (Fsp3) is 0.438. The second-order valence-corrected chi connectivity index (χ2v) is 5.28. The van der Waals surface area contributed by atoms with Gasteiger partial charge in [-0.1, -0.05) is 37.1 Å². The standard InChI is InChI=1S/C16H19NO2/c1-19-14-9-2-3-10-16(14,18)13-8-4-6-12-7-5-11-17-15(12)13/h4-8,11,14,18H,2-3,9-10H2,1H3. The third kappa shape index (κ3) is 2.03. The molecular formula is C16H19NO2. The summed E-state index contributed by atoms with van der Waals surface area (Å²) in [4.78, 5) is 4.45. The Morgan fingerprint density at radius 2 is 2.11 bits per heavy atom. The molecule has 1 fully saturated rings. The lowest BCUT2D eigenvalue weighted by Crippen LogP contribution is -2.43. The van der Waals surface area contributed by atoms with Crippen molar-refractivity contribution in [1.82, 2.24) is 4.98 Å². The van der Waals surface area contributed by atoms with E-state index in [1.54, 1.807) is 13.3 Å². The van der Waals surface area contributed by atoms with Gasteiger partial charge in [0.05, 0.1) is 11.6 Å². The minimum atomic E-state index is -0.916. The van der Waals surface area contributed by atoms with E-state index in [9.17, 15) is 5.11 Å². The lowest BCUT2D eigenvalue weighted by Gasteiger charge is -2.39. The smallest absolute Gasteiger partial charge is 0.118 e. The average Bonchev–Trinajstić information content (AvgIpc) is 2.47. The quantitative estimate of drug-likeness (QED) is 0.899. The van der Waals surface area contributed by atoms with Gasteiger partial charge in [-0.25, -0.2) is 0 Å². The summed E-state index contributed by atoms with van der Waals surface area (Å²) in [5.41, 5.74) is 0.870. The van der Waals surface area contributed by atoms with Gasteiger partial charge in [0.25, 0.3) is 0 Å². The minimum absolute atomic E-state index is 0.145. The molecule has 0 radical (unpaired) electrons. The minimum Gasteiger partial charge on any atom is -0.382 e. The average molecular weight is 257 g/mol. The molecule has 1 aliphatic rings. The largest absolute Gasteiger partial charge is 0.382 e. The lowest BCUT2D eigenvalue weighted by atomic mass is 9.76. The van der Waals surface area contributed by atoms with Gasteiger partial charge in [-0.3, -0.25) is 4.98 Å². The predicted molar refractivity (Wildman–Crippen MR) is 74.9 cm³/mol. The van der Waals surface area contributed by atoms with Gasteiger partial charge in [0.15, 0.2) is 0 Å². The number of methoxy groups -OCH3 is 1. The Hall–Kier alpha value is -1.45. The molecule has 1 aromatic carbocycles. The number of hydrogen-bond donors (Lipinski definition) is 1. The van der Waals surface area contributed by atoms with Crippen molar-refractivity contribution in [2.24, 2.45) is 0 Å². The molecule has 1 heterocycles. The van der Waals surface area contributed by atoms with Crippen molar-refractivity contribution in [3.8, 4) is 0 Å². The number of ether oxygens (including phenoxy) is 1. The molecule has 1 saturated carbocycles. The van der Waals surface area contributed by atoms with Crippen LogP contribution >= 0.6 is 0 Å². The molecule has 0 aliphatic heterocycles. The Bertz CT molecular complexity index is 578. The first-order valence-electron chi connectivity index (χ1n) is 6.85.